The van der Waals surface area contributed by atoms with E-state index in [0.29, 0.717) is 19.5 Å². The summed E-state index contributed by atoms with van der Waals surface area (Å²) in [4.78, 5) is 47.9. The largest absolute Gasteiger partial charge is 0.357 e. The lowest BCUT2D eigenvalue weighted by Gasteiger charge is -2.34. The van der Waals surface area contributed by atoms with Crippen LogP contribution in [0.5, 0.6) is 0 Å². The molecule has 0 unspecified atom stereocenters. The van der Waals surface area contributed by atoms with Gasteiger partial charge in [-0.1, -0.05) is 19.1 Å². The van der Waals surface area contributed by atoms with Crippen molar-refractivity contribution >= 4 is 28.5 Å². The molecule has 162 valence electrons. The van der Waals surface area contributed by atoms with Gasteiger partial charge in [0.05, 0.1) is 35.1 Å². The SMILES string of the molecule is CC(C)CC(=O)N1CCN(C(=O)C(=O)c2c[nH]c3c(-n4ccnn4)ncc(F)c23)CC1. The van der Waals surface area contributed by atoms with Crippen LogP contribution in [0.4, 0.5) is 4.39 Å². The molecule has 1 saturated heterocycles. The number of halogens is 1. The van der Waals surface area contributed by atoms with E-state index >= 15 is 0 Å². The number of H-pyrrole nitrogens is 1. The predicted molar refractivity (Wildman–Crippen MR) is 108 cm³/mol. The Balaban J connectivity index is 1.53. The van der Waals surface area contributed by atoms with Crippen LogP contribution >= 0.6 is 0 Å². The highest BCUT2D eigenvalue weighted by atomic mass is 19.1. The molecule has 0 bridgehead atoms. The van der Waals surface area contributed by atoms with E-state index in [0.717, 1.165) is 6.20 Å². The van der Waals surface area contributed by atoms with Gasteiger partial charge in [-0.3, -0.25) is 14.4 Å². The molecule has 3 aromatic heterocycles. The molecule has 31 heavy (non-hydrogen) atoms. The summed E-state index contributed by atoms with van der Waals surface area (Å²) in [7, 11) is 0. The zero-order chi connectivity index (χ0) is 22.1. The third kappa shape index (κ3) is 3.90. The van der Waals surface area contributed by atoms with Gasteiger partial charge in [-0.2, -0.15) is 0 Å². The zero-order valence-electron chi connectivity index (χ0n) is 17.2. The molecule has 0 aliphatic carbocycles. The number of hydrogen-bond donors (Lipinski definition) is 1. The molecule has 1 fully saturated rings. The van der Waals surface area contributed by atoms with Crippen molar-refractivity contribution in [3.63, 3.8) is 0 Å². The molecule has 3 aromatic rings. The van der Waals surface area contributed by atoms with Crippen molar-refractivity contribution in [2.24, 2.45) is 5.92 Å². The van der Waals surface area contributed by atoms with Crippen LogP contribution in [0.3, 0.4) is 0 Å². The van der Waals surface area contributed by atoms with Gasteiger partial charge >= 0.3 is 0 Å². The first-order chi connectivity index (χ1) is 14.9. The van der Waals surface area contributed by atoms with Crippen molar-refractivity contribution in [3.8, 4) is 5.82 Å². The van der Waals surface area contributed by atoms with Gasteiger partial charge < -0.3 is 14.8 Å². The van der Waals surface area contributed by atoms with Gasteiger partial charge in [0.1, 0.15) is 0 Å². The monoisotopic (exact) mass is 427 g/mol. The predicted octanol–water partition coefficient (Wildman–Crippen LogP) is 1.18. The molecule has 10 nitrogen and oxygen atoms in total. The number of aromatic amines is 1. The molecule has 0 spiro atoms. The first-order valence-electron chi connectivity index (χ1n) is 10.0. The number of hydrogen-bond acceptors (Lipinski definition) is 6. The average Bonchev–Trinajstić information content (AvgIpc) is 3.43. The van der Waals surface area contributed by atoms with Crippen molar-refractivity contribution in [1.82, 2.24) is 34.8 Å². The van der Waals surface area contributed by atoms with Gasteiger partial charge in [0, 0.05) is 38.8 Å². The first kappa shape index (κ1) is 20.6. The second-order valence-corrected chi connectivity index (χ2v) is 7.83. The van der Waals surface area contributed by atoms with Crippen LogP contribution in [0, 0.1) is 11.7 Å². The van der Waals surface area contributed by atoms with Crippen LogP contribution in [0.15, 0.2) is 24.8 Å². The summed E-state index contributed by atoms with van der Waals surface area (Å²) in [6.07, 6.45) is 5.71. The second kappa shape index (κ2) is 8.25. The Morgan fingerprint density at radius 1 is 1.16 bits per heavy atom. The number of carbonyl (C=O) groups is 3. The van der Waals surface area contributed by atoms with Crippen molar-refractivity contribution in [2.45, 2.75) is 20.3 Å². The maximum atomic E-state index is 14.6. The Labute approximate surface area is 177 Å². The molecule has 1 aliphatic rings. The number of piperazine rings is 1. The van der Waals surface area contributed by atoms with Crippen LogP contribution in [0.25, 0.3) is 16.7 Å². The quantitative estimate of drug-likeness (QED) is 0.483. The van der Waals surface area contributed by atoms with Gasteiger partial charge in [0.25, 0.3) is 11.7 Å². The summed E-state index contributed by atoms with van der Waals surface area (Å²) in [6, 6.07) is 0. The van der Waals surface area contributed by atoms with E-state index in [-0.39, 0.29) is 47.2 Å². The Kier molecular flexibility index (Phi) is 5.49. The molecule has 0 radical (unpaired) electrons. The highest BCUT2D eigenvalue weighted by Gasteiger charge is 2.31. The maximum Gasteiger partial charge on any atom is 0.295 e. The lowest BCUT2D eigenvalue weighted by atomic mass is 10.1. The van der Waals surface area contributed by atoms with Gasteiger partial charge in [0.15, 0.2) is 11.6 Å². The van der Waals surface area contributed by atoms with Gasteiger partial charge in [-0.25, -0.2) is 14.1 Å². The third-order valence-electron chi connectivity index (χ3n) is 5.22. The van der Waals surface area contributed by atoms with Gasteiger partial charge in [-0.05, 0) is 5.92 Å². The molecule has 1 aliphatic heterocycles. The normalized spacial score (nSPS) is 14.5. The number of carbonyl (C=O) groups excluding carboxylic acids is 3. The van der Waals surface area contributed by atoms with E-state index < -0.39 is 17.5 Å². The maximum absolute atomic E-state index is 14.6. The fourth-order valence-corrected chi connectivity index (χ4v) is 3.66. The van der Waals surface area contributed by atoms with Crippen LogP contribution < -0.4 is 0 Å². The summed E-state index contributed by atoms with van der Waals surface area (Å²) < 4.78 is 15.9. The smallest absolute Gasteiger partial charge is 0.295 e. The number of rotatable bonds is 5. The zero-order valence-corrected chi connectivity index (χ0v) is 17.2. The third-order valence-corrected chi connectivity index (χ3v) is 5.22. The lowest BCUT2D eigenvalue weighted by Crippen LogP contribution is -2.52. The number of nitrogens with zero attached hydrogens (tertiary/aromatic N) is 6. The van der Waals surface area contributed by atoms with Gasteiger partial charge in [0.2, 0.25) is 5.91 Å². The fraction of sp³-hybridized carbons (Fsp3) is 0.400. The number of amides is 2. The number of aromatic nitrogens is 5. The molecule has 0 aromatic carbocycles. The average molecular weight is 427 g/mol. The number of fused-ring (bicyclic) bond motifs is 1. The van der Waals surface area contributed by atoms with E-state index in [4.69, 9.17) is 0 Å². The van der Waals surface area contributed by atoms with Crippen molar-refractivity contribution in [3.05, 3.63) is 36.2 Å². The molecule has 11 heteroatoms. The Morgan fingerprint density at radius 3 is 2.52 bits per heavy atom. The number of Topliss-reactive ketones (excluding diaryl/α,β-unsaturated/α-hetero) is 1. The Hall–Kier alpha value is -3.63. The minimum absolute atomic E-state index is 0.0235. The topological polar surface area (TPSA) is 117 Å². The molecule has 4 rings (SSSR count). The Bertz CT molecular complexity index is 1130. The van der Waals surface area contributed by atoms with Crippen LogP contribution in [0.1, 0.15) is 30.6 Å². The molecule has 0 atom stereocenters. The van der Waals surface area contributed by atoms with E-state index in [1.54, 1.807) is 4.90 Å². The van der Waals surface area contributed by atoms with E-state index in [9.17, 15) is 18.8 Å². The summed E-state index contributed by atoms with van der Waals surface area (Å²) in [6.45, 7) is 5.19. The fourth-order valence-electron chi connectivity index (χ4n) is 3.66. The molecule has 0 saturated carbocycles. The summed E-state index contributed by atoms with van der Waals surface area (Å²) >= 11 is 0. The Morgan fingerprint density at radius 2 is 1.87 bits per heavy atom. The molecule has 1 N–H and O–H groups in total. The number of nitrogens with one attached hydrogen (secondary N) is 1. The minimum atomic E-state index is -0.817. The number of pyridine rings is 1. The summed E-state index contributed by atoms with van der Waals surface area (Å²) in [5.74, 6) is -1.71. The van der Waals surface area contributed by atoms with Crippen molar-refractivity contribution in [1.29, 1.82) is 0 Å². The lowest BCUT2D eigenvalue weighted by molar-refractivity contribution is -0.137. The van der Waals surface area contributed by atoms with Crippen LogP contribution in [-0.4, -0.2) is 78.5 Å². The first-order valence-corrected chi connectivity index (χ1v) is 10.0. The molecular formula is C20H22FN7O3. The summed E-state index contributed by atoms with van der Waals surface area (Å²) in [5.41, 5.74) is 0.172. The molecule has 2 amide bonds. The number of ketones is 1. The van der Waals surface area contributed by atoms with Crippen molar-refractivity contribution < 1.29 is 18.8 Å². The minimum Gasteiger partial charge on any atom is -0.357 e. The highest BCUT2D eigenvalue weighted by Crippen LogP contribution is 2.26. The van der Waals surface area contributed by atoms with E-state index in [1.807, 2.05) is 13.8 Å². The summed E-state index contributed by atoms with van der Waals surface area (Å²) in [5, 5.41) is 7.52. The van der Waals surface area contributed by atoms with Crippen LogP contribution in [-0.2, 0) is 9.59 Å². The second-order valence-electron chi connectivity index (χ2n) is 7.83. The van der Waals surface area contributed by atoms with E-state index in [2.05, 4.69) is 20.3 Å². The van der Waals surface area contributed by atoms with Gasteiger partial charge in [-0.15, -0.1) is 5.10 Å². The standard InChI is InChI=1S/C20H22FN7O3/c1-12(2)9-15(29)26-5-7-27(8-6-26)20(31)18(30)13-10-22-17-16(13)14(21)11-23-19(17)28-4-3-24-25-28/h3-4,10-12,22H,5-9H2,1-2H3. The van der Waals surface area contributed by atoms with E-state index in [1.165, 1.54) is 28.2 Å². The molecule has 4 heterocycles. The van der Waals surface area contributed by atoms with Crippen LogP contribution in [0.2, 0.25) is 0 Å². The molecular weight excluding hydrogens is 405 g/mol. The highest BCUT2D eigenvalue weighted by molar-refractivity contribution is 6.45. The van der Waals surface area contributed by atoms with Crippen molar-refractivity contribution in [2.75, 3.05) is 26.2 Å².